The summed E-state index contributed by atoms with van der Waals surface area (Å²) in [5.74, 6) is 0. The van der Waals surface area contributed by atoms with Crippen molar-refractivity contribution in [2.24, 2.45) is 0 Å². The summed E-state index contributed by atoms with van der Waals surface area (Å²) in [5, 5.41) is 0. The van der Waals surface area contributed by atoms with Gasteiger partial charge in [0.2, 0.25) is 0 Å². The minimum Gasteiger partial charge on any atom is -0.102 e. The molecule has 0 spiro atoms. The highest BCUT2D eigenvalue weighted by atomic mass is 33.1. The average molecular weight is 156 g/mol. The van der Waals surface area contributed by atoms with Gasteiger partial charge in [0.05, 0.1) is 8.22 Å². The van der Waals surface area contributed by atoms with Crippen LogP contribution < -0.4 is 0 Å². The Hall–Kier alpha value is 0.180. The number of hydrogen-bond acceptors (Lipinski definition) is 2. The average Bonchev–Trinajstić information content (AvgIpc) is 2.24. The molecule has 0 aliphatic carbocycles. The van der Waals surface area contributed by atoms with Crippen molar-refractivity contribution in [1.82, 2.24) is 0 Å². The molecule has 8 heavy (non-hydrogen) atoms. The van der Waals surface area contributed by atoms with Crippen LogP contribution in [0.4, 0.5) is 0 Å². The Morgan fingerprint density at radius 2 is 2.00 bits per heavy atom. The molecule has 0 fully saturated rings. The largest absolute Gasteiger partial charge is 0.102 e. The van der Waals surface area contributed by atoms with E-state index in [1.165, 1.54) is 0 Å². The lowest BCUT2D eigenvalue weighted by Crippen LogP contribution is -1.64. The van der Waals surface area contributed by atoms with Crippen LogP contribution in [-0.2, 0) is 0 Å². The van der Waals surface area contributed by atoms with Crippen molar-refractivity contribution >= 4 is 21.6 Å². The fourth-order valence-electron chi connectivity index (χ4n) is 0.0833. The molecule has 0 aliphatic heterocycles. The number of hydrogen-bond donors (Lipinski definition) is 0. The van der Waals surface area contributed by atoms with E-state index in [4.69, 9.17) is 13.7 Å². The van der Waals surface area contributed by atoms with Crippen molar-refractivity contribution in [3.05, 3.63) is 25.2 Å². The van der Waals surface area contributed by atoms with Gasteiger partial charge in [0.15, 0.2) is 0 Å². The SMILES string of the molecule is [2H]C([2H])=C([2H])C([2H])([2H])SSC([2H])([2H])C([2H])=C([2H])[2H]. The predicted octanol–water partition coefficient (Wildman–Crippen LogP) is 2.74. The first kappa shape index (κ1) is 1.43. The smallest absolute Gasteiger partial charge is 0.0579 e. The first-order chi connectivity index (χ1) is 7.92. The molecule has 0 amide bonds. The summed E-state index contributed by atoms with van der Waals surface area (Å²) in [7, 11) is 0.473. The van der Waals surface area contributed by atoms with Crippen molar-refractivity contribution in [2.45, 2.75) is 0 Å². The van der Waals surface area contributed by atoms with Gasteiger partial charge < -0.3 is 0 Å². The Bertz CT molecular complexity index is 329. The molecule has 0 radical (unpaired) electrons. The zero-order valence-electron chi connectivity index (χ0n) is 13.8. The third kappa shape index (κ3) is 6.18. The predicted molar refractivity (Wildman–Crippen MR) is 45.3 cm³/mol. The molecule has 0 bridgehead atoms. The fourth-order valence-corrected chi connectivity index (χ4v) is 0.750. The third-order valence-electron chi connectivity index (χ3n) is 0.227. The van der Waals surface area contributed by atoms with Gasteiger partial charge in [-0.05, 0) is 0 Å². The van der Waals surface area contributed by atoms with Gasteiger partial charge in [-0.15, -0.1) is 13.1 Å². The highest BCUT2D eigenvalue weighted by molar-refractivity contribution is 8.76. The molecular weight excluding hydrogens is 136 g/mol. The van der Waals surface area contributed by atoms with E-state index < -0.39 is 36.6 Å². The molecule has 0 aromatic rings. The minimum absolute atomic E-state index is 0.237. The molecule has 0 rings (SSSR count). The second-order valence-electron chi connectivity index (χ2n) is 0.621. The van der Waals surface area contributed by atoms with Gasteiger partial charge in [-0.3, -0.25) is 0 Å². The first-order valence-electron chi connectivity index (χ1n) is 6.57. The third-order valence-corrected chi connectivity index (χ3v) is 1.43. The lowest BCUT2D eigenvalue weighted by atomic mass is 10.8. The van der Waals surface area contributed by atoms with Crippen molar-refractivity contribution in [2.75, 3.05) is 11.4 Å². The molecule has 46 valence electrons. The van der Waals surface area contributed by atoms with Gasteiger partial charge in [0.1, 0.15) is 0 Å². The van der Waals surface area contributed by atoms with E-state index in [0.29, 0.717) is 0 Å². The quantitative estimate of drug-likeness (QED) is 0.443. The van der Waals surface area contributed by atoms with Crippen LogP contribution in [0.1, 0.15) is 13.7 Å². The Morgan fingerprint density at radius 1 is 1.50 bits per heavy atom. The highest BCUT2D eigenvalue weighted by Crippen LogP contribution is 2.20. The molecule has 0 aliphatic rings. The summed E-state index contributed by atoms with van der Waals surface area (Å²) in [6.07, 6.45) is 0. The monoisotopic (exact) mass is 156 g/mol. The van der Waals surface area contributed by atoms with E-state index in [1.54, 1.807) is 0 Å². The van der Waals surface area contributed by atoms with E-state index in [2.05, 4.69) is 0 Å². The topological polar surface area (TPSA) is 0 Å². The second kappa shape index (κ2) is 7.18. The molecule has 0 aromatic heterocycles. The fraction of sp³-hybridized carbons (Fsp3) is 0.333. The molecule has 0 atom stereocenters. The van der Waals surface area contributed by atoms with E-state index in [0.717, 1.165) is 0 Å². The maximum absolute atomic E-state index is 7.38. The molecule has 0 N–H and O–H groups in total. The lowest BCUT2D eigenvalue weighted by molar-refractivity contribution is 1.83. The van der Waals surface area contributed by atoms with E-state index >= 15 is 0 Å². The van der Waals surface area contributed by atoms with Crippen LogP contribution in [0.15, 0.2) is 25.2 Å². The van der Waals surface area contributed by atoms with Crippen LogP contribution in [-0.4, -0.2) is 11.4 Å². The van der Waals surface area contributed by atoms with E-state index in [1.807, 2.05) is 0 Å². The molecule has 0 unspecified atom stereocenters. The summed E-state index contributed by atoms with van der Waals surface area (Å²) in [5.41, 5.74) is -4.91. The zero-order valence-corrected chi connectivity index (χ0v) is 5.45. The van der Waals surface area contributed by atoms with Crippen LogP contribution >= 0.6 is 21.6 Å². The van der Waals surface area contributed by atoms with Gasteiger partial charge in [-0.1, -0.05) is 33.7 Å². The minimum atomic E-state index is -2.46. The Morgan fingerprint density at radius 3 is 2.38 bits per heavy atom. The number of rotatable bonds is 5. The zero-order chi connectivity index (χ0) is 14.7. The Labute approximate surface area is 72.9 Å². The van der Waals surface area contributed by atoms with Gasteiger partial charge in [0.25, 0.3) is 0 Å². The molecule has 0 nitrogen and oxygen atoms in total. The molecular formula is C6H10S2. The lowest BCUT2D eigenvalue weighted by Gasteiger charge is -1.89. The van der Waals surface area contributed by atoms with Crippen LogP contribution in [0.5, 0.6) is 0 Å². The van der Waals surface area contributed by atoms with E-state index in [-0.39, 0.29) is 21.6 Å². The first-order valence-corrected chi connectivity index (χ1v) is 3.72. The molecule has 2 heteroatoms. The normalized spacial score (nSPS) is 29.0. The van der Waals surface area contributed by atoms with Gasteiger partial charge in [0, 0.05) is 16.9 Å². The van der Waals surface area contributed by atoms with Crippen molar-refractivity contribution < 1.29 is 13.7 Å². The van der Waals surface area contributed by atoms with Crippen LogP contribution in [0.2, 0.25) is 0 Å². The van der Waals surface area contributed by atoms with Crippen molar-refractivity contribution in [3.8, 4) is 0 Å². The van der Waals surface area contributed by atoms with Crippen molar-refractivity contribution in [3.63, 3.8) is 0 Å². The highest BCUT2D eigenvalue weighted by Gasteiger charge is 1.79. The van der Waals surface area contributed by atoms with Crippen LogP contribution in [0, 0.1) is 0 Å². The molecule has 0 aromatic carbocycles. The Balaban J connectivity index is 4.89. The summed E-state index contributed by atoms with van der Waals surface area (Å²) >= 11 is 0. The van der Waals surface area contributed by atoms with Gasteiger partial charge in [-0.2, -0.15) is 0 Å². The maximum atomic E-state index is 7.38. The summed E-state index contributed by atoms with van der Waals surface area (Å²) in [6, 6.07) is -1.83. The van der Waals surface area contributed by atoms with Gasteiger partial charge >= 0.3 is 0 Å². The van der Waals surface area contributed by atoms with Crippen molar-refractivity contribution in [1.29, 1.82) is 0 Å². The molecule has 0 saturated heterocycles. The standard InChI is InChI=1S/C6H10S2/c1-3-5-7-8-6-4-2/h3-4H,1-2,5-6H2/i1D2,2D2,3D,4D,5D2,6D2. The van der Waals surface area contributed by atoms with Crippen LogP contribution in [0.25, 0.3) is 0 Å². The Kier molecular flexibility index (Phi) is 1.28. The van der Waals surface area contributed by atoms with Gasteiger partial charge in [-0.25, -0.2) is 0 Å². The molecule has 0 heterocycles. The summed E-state index contributed by atoms with van der Waals surface area (Å²) < 4.78 is 71.1. The second-order valence-corrected chi connectivity index (χ2v) is 2.36. The van der Waals surface area contributed by atoms with Crippen LogP contribution in [0.3, 0.4) is 0 Å². The summed E-state index contributed by atoms with van der Waals surface area (Å²) in [6.45, 7) is -2.03. The molecule has 0 saturated carbocycles. The summed E-state index contributed by atoms with van der Waals surface area (Å²) in [4.78, 5) is 0. The van der Waals surface area contributed by atoms with E-state index in [9.17, 15) is 0 Å². The maximum Gasteiger partial charge on any atom is 0.0579 e.